The van der Waals surface area contributed by atoms with E-state index in [0.717, 1.165) is 12.0 Å². The van der Waals surface area contributed by atoms with E-state index in [0.29, 0.717) is 12.2 Å². The molecule has 0 heterocycles. The van der Waals surface area contributed by atoms with Gasteiger partial charge >= 0.3 is 0 Å². The lowest BCUT2D eigenvalue weighted by Crippen LogP contribution is -2.46. The molecule has 2 atom stereocenters. The van der Waals surface area contributed by atoms with E-state index in [2.05, 4.69) is 34.4 Å². The molecule has 0 aliphatic heterocycles. The highest BCUT2D eigenvalue weighted by molar-refractivity contribution is 7.89. The molecule has 2 aromatic rings. The fraction of sp³-hybridized carbons (Fsp3) is 0.391. The Kier molecular flexibility index (Phi) is 8.94. The lowest BCUT2D eigenvalue weighted by atomic mass is 10.0. The van der Waals surface area contributed by atoms with E-state index in [1.54, 1.807) is 0 Å². The third-order valence-corrected chi connectivity index (χ3v) is 6.63. The van der Waals surface area contributed by atoms with Crippen molar-refractivity contribution in [3.63, 3.8) is 0 Å². The molecule has 0 saturated heterocycles. The van der Waals surface area contributed by atoms with Crippen molar-refractivity contribution in [3.05, 3.63) is 59.7 Å². The maximum atomic E-state index is 12.6. The van der Waals surface area contributed by atoms with Gasteiger partial charge in [-0.15, -0.1) is 0 Å². The third kappa shape index (κ3) is 7.15. The summed E-state index contributed by atoms with van der Waals surface area (Å²) >= 11 is 0. The number of nitrogens with zero attached hydrogens (tertiary/aromatic N) is 1. The molecule has 2 rings (SSSR count). The Hall–Kier alpha value is -2.75. The van der Waals surface area contributed by atoms with E-state index in [9.17, 15) is 18.0 Å². The van der Waals surface area contributed by atoms with E-state index in [1.807, 2.05) is 31.1 Å². The number of hydrogen-bond acceptors (Lipinski definition) is 5. The molecule has 1 unspecified atom stereocenters. The zero-order chi connectivity index (χ0) is 23.9. The van der Waals surface area contributed by atoms with Gasteiger partial charge < -0.3 is 15.5 Å². The first-order chi connectivity index (χ1) is 15.0. The zero-order valence-electron chi connectivity index (χ0n) is 19.2. The van der Waals surface area contributed by atoms with Crippen molar-refractivity contribution >= 4 is 27.5 Å². The number of anilines is 1. The largest absolute Gasteiger partial charge is 0.353 e. The average molecular weight is 461 g/mol. The number of carbonyl (C=O) groups is 2. The number of aryl methyl sites for hydroxylation is 1. The minimum atomic E-state index is -3.90. The number of rotatable bonds is 10. The molecule has 9 heteroatoms. The summed E-state index contributed by atoms with van der Waals surface area (Å²) in [5.41, 5.74) is 2.80. The first-order valence-corrected chi connectivity index (χ1v) is 11.9. The Bertz CT molecular complexity index is 1020. The maximum Gasteiger partial charge on any atom is 0.241 e. The number of amides is 2. The van der Waals surface area contributed by atoms with Crippen molar-refractivity contribution in [2.24, 2.45) is 0 Å². The van der Waals surface area contributed by atoms with Crippen molar-refractivity contribution in [3.8, 4) is 0 Å². The number of hydrogen-bond donors (Lipinski definition) is 3. The molecule has 32 heavy (non-hydrogen) atoms. The molecule has 0 spiro atoms. The smallest absolute Gasteiger partial charge is 0.241 e. The van der Waals surface area contributed by atoms with Crippen LogP contribution in [0.2, 0.25) is 0 Å². The van der Waals surface area contributed by atoms with E-state index in [1.165, 1.54) is 43.7 Å². The first-order valence-electron chi connectivity index (χ1n) is 10.5. The third-order valence-electron chi connectivity index (χ3n) is 5.08. The van der Waals surface area contributed by atoms with Gasteiger partial charge in [0.1, 0.15) is 0 Å². The second-order valence-electron chi connectivity index (χ2n) is 7.87. The van der Waals surface area contributed by atoms with Crippen LogP contribution in [0.15, 0.2) is 53.4 Å². The Balaban J connectivity index is 2.00. The molecular weight excluding hydrogens is 428 g/mol. The van der Waals surface area contributed by atoms with Gasteiger partial charge in [0.05, 0.1) is 17.0 Å². The molecule has 0 fully saturated rings. The van der Waals surface area contributed by atoms with E-state index < -0.39 is 22.0 Å². The highest BCUT2D eigenvalue weighted by Crippen LogP contribution is 2.19. The van der Waals surface area contributed by atoms with E-state index in [-0.39, 0.29) is 16.8 Å². The quantitative estimate of drug-likeness (QED) is 0.504. The Morgan fingerprint density at radius 2 is 1.59 bits per heavy atom. The minimum absolute atomic E-state index is 0.00781. The summed E-state index contributed by atoms with van der Waals surface area (Å²) in [6.45, 7) is 5.31. The van der Waals surface area contributed by atoms with Gasteiger partial charge in [-0.05, 0) is 62.8 Å². The SMILES string of the molecule is CCc1ccc(C(CNC(=O)[C@H](C)NS(=O)(=O)c2ccc(NC(C)=O)cc2)N(C)C)cc1. The average Bonchev–Trinajstić information content (AvgIpc) is 2.73. The summed E-state index contributed by atoms with van der Waals surface area (Å²) in [6.07, 6.45) is 0.956. The number of benzene rings is 2. The molecule has 8 nitrogen and oxygen atoms in total. The van der Waals surface area contributed by atoms with Crippen molar-refractivity contribution in [2.45, 2.75) is 44.2 Å². The van der Waals surface area contributed by atoms with Gasteiger partial charge in [0.15, 0.2) is 0 Å². The van der Waals surface area contributed by atoms with Gasteiger partial charge in [0, 0.05) is 19.2 Å². The molecule has 174 valence electrons. The number of carbonyl (C=O) groups excluding carboxylic acids is 2. The van der Waals surface area contributed by atoms with Gasteiger partial charge in [-0.1, -0.05) is 31.2 Å². The minimum Gasteiger partial charge on any atom is -0.353 e. The highest BCUT2D eigenvalue weighted by Gasteiger charge is 2.23. The summed E-state index contributed by atoms with van der Waals surface area (Å²) in [7, 11) is -0.0348. The summed E-state index contributed by atoms with van der Waals surface area (Å²) in [6, 6.07) is 13.0. The summed E-state index contributed by atoms with van der Waals surface area (Å²) in [4.78, 5) is 25.7. The van der Waals surface area contributed by atoms with Crippen LogP contribution < -0.4 is 15.4 Å². The normalized spacial score (nSPS) is 13.4. The van der Waals surface area contributed by atoms with Crippen LogP contribution in [0.4, 0.5) is 5.69 Å². The summed E-state index contributed by atoms with van der Waals surface area (Å²) in [5, 5.41) is 5.42. The predicted octanol–water partition coefficient (Wildman–Crippen LogP) is 2.29. The van der Waals surface area contributed by atoms with Crippen molar-refractivity contribution < 1.29 is 18.0 Å². The van der Waals surface area contributed by atoms with Crippen LogP contribution in [0.3, 0.4) is 0 Å². The Morgan fingerprint density at radius 3 is 2.09 bits per heavy atom. The molecule has 0 saturated carbocycles. The lowest BCUT2D eigenvalue weighted by Gasteiger charge is -2.26. The molecular formula is C23H32N4O4S. The second-order valence-corrected chi connectivity index (χ2v) is 9.58. The van der Waals surface area contributed by atoms with E-state index in [4.69, 9.17) is 0 Å². The highest BCUT2D eigenvalue weighted by atomic mass is 32.2. The molecule has 0 aliphatic rings. The molecule has 2 amide bonds. The fourth-order valence-corrected chi connectivity index (χ4v) is 4.40. The van der Waals surface area contributed by atoms with Crippen LogP contribution in [0.1, 0.15) is 37.9 Å². The molecule has 2 aromatic carbocycles. The van der Waals surface area contributed by atoms with E-state index >= 15 is 0 Å². The second kappa shape index (κ2) is 11.2. The van der Waals surface area contributed by atoms with Crippen LogP contribution >= 0.6 is 0 Å². The van der Waals surface area contributed by atoms with Gasteiger partial charge in [0.2, 0.25) is 21.8 Å². The molecule has 0 bridgehead atoms. The standard InChI is InChI=1S/C23H32N4O4S/c1-6-18-7-9-19(10-8-18)22(27(4)5)15-24-23(29)16(2)26-32(30,31)21-13-11-20(12-14-21)25-17(3)28/h7-14,16,22,26H,6,15H2,1-5H3,(H,24,29)(H,25,28)/t16-,22?/m0/s1. The van der Waals surface area contributed by atoms with Crippen LogP contribution in [0.25, 0.3) is 0 Å². The Labute approximate surface area is 190 Å². The molecule has 0 radical (unpaired) electrons. The Morgan fingerprint density at radius 1 is 1.00 bits per heavy atom. The zero-order valence-corrected chi connectivity index (χ0v) is 20.0. The van der Waals surface area contributed by atoms with Crippen LogP contribution in [0.5, 0.6) is 0 Å². The van der Waals surface area contributed by atoms with Crippen LogP contribution in [0, 0.1) is 0 Å². The van der Waals surface area contributed by atoms with Gasteiger partial charge in [-0.3, -0.25) is 9.59 Å². The van der Waals surface area contributed by atoms with Crippen molar-refractivity contribution in [1.82, 2.24) is 14.9 Å². The van der Waals surface area contributed by atoms with Crippen molar-refractivity contribution in [1.29, 1.82) is 0 Å². The summed E-state index contributed by atoms with van der Waals surface area (Å²) in [5.74, 6) is -0.665. The van der Waals surface area contributed by atoms with Gasteiger partial charge in [-0.2, -0.15) is 4.72 Å². The number of nitrogens with one attached hydrogen (secondary N) is 3. The monoisotopic (exact) mass is 460 g/mol. The molecule has 0 aromatic heterocycles. The summed E-state index contributed by atoms with van der Waals surface area (Å²) < 4.78 is 27.6. The number of sulfonamides is 1. The maximum absolute atomic E-state index is 12.6. The first kappa shape index (κ1) is 25.5. The predicted molar refractivity (Wildman–Crippen MR) is 126 cm³/mol. The van der Waals surface area contributed by atoms with Gasteiger partial charge in [0.25, 0.3) is 0 Å². The topological polar surface area (TPSA) is 108 Å². The number of likely N-dealkylation sites (N-methyl/N-ethyl adjacent to an activating group) is 1. The van der Waals surface area contributed by atoms with Crippen molar-refractivity contribution in [2.75, 3.05) is 26.0 Å². The van der Waals surface area contributed by atoms with Crippen LogP contribution in [-0.4, -0.2) is 51.8 Å². The fourth-order valence-electron chi connectivity index (χ4n) is 3.20. The molecule has 0 aliphatic carbocycles. The van der Waals surface area contributed by atoms with Crippen LogP contribution in [-0.2, 0) is 26.0 Å². The lowest BCUT2D eigenvalue weighted by molar-refractivity contribution is -0.122. The van der Waals surface area contributed by atoms with Gasteiger partial charge in [-0.25, -0.2) is 8.42 Å². The molecule has 3 N–H and O–H groups in total.